The highest BCUT2D eigenvalue weighted by atomic mass is 32.1. The molecule has 2 N–H and O–H groups in total. The maximum absolute atomic E-state index is 12.0. The molecule has 0 spiro atoms. The Labute approximate surface area is 209 Å². The van der Waals surface area contributed by atoms with Gasteiger partial charge in [0.2, 0.25) is 5.95 Å². The van der Waals surface area contributed by atoms with E-state index in [1.807, 2.05) is 35.7 Å². The highest BCUT2D eigenvalue weighted by molar-refractivity contribution is 7.17. The standard InChI is InChI=1S/C27H28N6OS/c1-3-22(34)18-19-6-4-5-7-23(19)29-26-25-24(12-17-35-25)30-27(31-26)28-20-8-10-21(11-9-20)33-15-13-32(2)14-16-33/h3-12,17H,1,13-16,18H2,2H3,(H2,28,29,30,31). The second kappa shape index (κ2) is 10.2. The molecule has 0 amide bonds. The summed E-state index contributed by atoms with van der Waals surface area (Å²) >= 11 is 1.58. The van der Waals surface area contributed by atoms with E-state index >= 15 is 0 Å². The third kappa shape index (κ3) is 5.34. The summed E-state index contributed by atoms with van der Waals surface area (Å²) < 4.78 is 0.964. The Morgan fingerprint density at radius 3 is 2.57 bits per heavy atom. The summed E-state index contributed by atoms with van der Waals surface area (Å²) in [6.07, 6.45) is 1.64. The lowest BCUT2D eigenvalue weighted by atomic mass is 10.1. The number of carbonyl (C=O) groups is 1. The van der Waals surface area contributed by atoms with Crippen LogP contribution in [-0.4, -0.2) is 53.9 Å². The van der Waals surface area contributed by atoms with Crippen LogP contribution in [0.3, 0.4) is 0 Å². The molecule has 8 heteroatoms. The van der Waals surface area contributed by atoms with E-state index in [2.05, 4.69) is 58.3 Å². The molecule has 0 bridgehead atoms. The van der Waals surface area contributed by atoms with Crippen LogP contribution in [0.4, 0.5) is 28.8 Å². The molecule has 2 aromatic carbocycles. The molecule has 0 saturated carbocycles. The SMILES string of the molecule is C=CC(=O)Cc1ccccc1Nc1nc(Nc2ccc(N3CCN(C)CC3)cc2)nc2ccsc12. The van der Waals surface area contributed by atoms with Gasteiger partial charge in [0.05, 0.1) is 10.2 Å². The number of aromatic nitrogens is 2. The van der Waals surface area contributed by atoms with Crippen molar-refractivity contribution in [3.8, 4) is 0 Å². The zero-order valence-corrected chi connectivity index (χ0v) is 20.5. The zero-order valence-electron chi connectivity index (χ0n) is 19.7. The van der Waals surface area contributed by atoms with Crippen molar-refractivity contribution in [3.05, 3.63) is 78.2 Å². The van der Waals surface area contributed by atoms with Gasteiger partial charge in [0, 0.05) is 49.7 Å². The molecule has 4 aromatic rings. The summed E-state index contributed by atoms with van der Waals surface area (Å²) in [6, 6.07) is 18.2. The van der Waals surface area contributed by atoms with Crippen LogP contribution in [0.5, 0.6) is 0 Å². The molecule has 3 heterocycles. The van der Waals surface area contributed by atoms with Crippen LogP contribution in [0.1, 0.15) is 5.56 Å². The molecule has 2 aromatic heterocycles. The van der Waals surface area contributed by atoms with Gasteiger partial charge in [-0.25, -0.2) is 4.98 Å². The molecule has 1 fully saturated rings. The van der Waals surface area contributed by atoms with Crippen LogP contribution in [0.15, 0.2) is 72.6 Å². The number of carbonyl (C=O) groups excluding carboxylic acids is 1. The number of nitrogens with one attached hydrogen (secondary N) is 2. The molecule has 5 rings (SSSR count). The topological polar surface area (TPSA) is 73.4 Å². The van der Waals surface area contributed by atoms with E-state index in [1.54, 1.807) is 11.3 Å². The maximum atomic E-state index is 12.0. The second-order valence-electron chi connectivity index (χ2n) is 8.62. The Hall–Kier alpha value is -3.75. The number of piperazine rings is 1. The summed E-state index contributed by atoms with van der Waals surface area (Å²) in [5, 5.41) is 8.79. The van der Waals surface area contributed by atoms with E-state index in [0.29, 0.717) is 11.8 Å². The number of hydrogen-bond donors (Lipinski definition) is 2. The van der Waals surface area contributed by atoms with E-state index < -0.39 is 0 Å². The Balaban J connectivity index is 1.37. The van der Waals surface area contributed by atoms with Crippen LogP contribution >= 0.6 is 11.3 Å². The van der Waals surface area contributed by atoms with E-state index in [9.17, 15) is 4.79 Å². The third-order valence-electron chi connectivity index (χ3n) is 6.16. The number of fused-ring (bicyclic) bond motifs is 1. The van der Waals surface area contributed by atoms with Crippen LogP contribution < -0.4 is 15.5 Å². The van der Waals surface area contributed by atoms with Gasteiger partial charge < -0.3 is 20.4 Å². The molecule has 35 heavy (non-hydrogen) atoms. The third-order valence-corrected chi connectivity index (χ3v) is 7.07. The molecular formula is C27H28N6OS. The van der Waals surface area contributed by atoms with E-state index in [4.69, 9.17) is 9.97 Å². The van der Waals surface area contributed by atoms with Crippen molar-refractivity contribution in [2.45, 2.75) is 6.42 Å². The number of hydrogen-bond acceptors (Lipinski definition) is 8. The number of para-hydroxylation sites is 1. The molecule has 0 unspecified atom stereocenters. The minimum absolute atomic E-state index is 0.0226. The van der Waals surface area contributed by atoms with Crippen molar-refractivity contribution in [2.24, 2.45) is 0 Å². The molecule has 0 atom stereocenters. The van der Waals surface area contributed by atoms with Gasteiger partial charge in [0.1, 0.15) is 0 Å². The minimum atomic E-state index is -0.0226. The first-order valence-electron chi connectivity index (χ1n) is 11.6. The maximum Gasteiger partial charge on any atom is 0.229 e. The van der Waals surface area contributed by atoms with Gasteiger partial charge in [-0.3, -0.25) is 4.79 Å². The molecule has 0 radical (unpaired) electrons. The van der Waals surface area contributed by atoms with Gasteiger partial charge in [-0.05, 0) is 60.5 Å². The van der Waals surface area contributed by atoms with E-state index in [1.165, 1.54) is 11.8 Å². The molecule has 1 aliphatic heterocycles. The number of nitrogens with zero attached hydrogens (tertiary/aromatic N) is 4. The fraction of sp³-hybridized carbons (Fsp3) is 0.222. The van der Waals surface area contributed by atoms with Gasteiger partial charge in [-0.15, -0.1) is 11.3 Å². The van der Waals surface area contributed by atoms with Gasteiger partial charge >= 0.3 is 0 Å². The van der Waals surface area contributed by atoms with Crippen molar-refractivity contribution in [2.75, 3.05) is 48.8 Å². The fourth-order valence-electron chi connectivity index (χ4n) is 4.14. The Morgan fingerprint density at radius 1 is 1.03 bits per heavy atom. The minimum Gasteiger partial charge on any atom is -0.369 e. The smallest absolute Gasteiger partial charge is 0.229 e. The van der Waals surface area contributed by atoms with Gasteiger partial charge in [-0.2, -0.15) is 4.98 Å². The number of thiophene rings is 1. The molecular weight excluding hydrogens is 456 g/mol. The number of allylic oxidation sites excluding steroid dienone is 1. The van der Waals surface area contributed by atoms with Crippen LogP contribution in [0.25, 0.3) is 10.2 Å². The first-order chi connectivity index (χ1) is 17.1. The first-order valence-corrected chi connectivity index (χ1v) is 12.5. The average Bonchev–Trinajstić information content (AvgIpc) is 3.35. The van der Waals surface area contributed by atoms with E-state index in [0.717, 1.165) is 53.3 Å². The Bertz CT molecular complexity index is 1340. The van der Waals surface area contributed by atoms with Crippen molar-refractivity contribution in [3.63, 3.8) is 0 Å². The second-order valence-corrected chi connectivity index (χ2v) is 9.54. The lowest BCUT2D eigenvalue weighted by Gasteiger charge is -2.34. The van der Waals surface area contributed by atoms with Crippen LogP contribution in [0, 0.1) is 0 Å². The molecule has 1 saturated heterocycles. The number of likely N-dealkylation sites (N-methyl/N-ethyl adjacent to an activating group) is 1. The Morgan fingerprint density at radius 2 is 1.80 bits per heavy atom. The van der Waals surface area contributed by atoms with Crippen LogP contribution in [0.2, 0.25) is 0 Å². The summed E-state index contributed by atoms with van der Waals surface area (Å²) in [4.78, 5) is 26.2. The van der Waals surface area contributed by atoms with E-state index in [-0.39, 0.29) is 12.2 Å². The lowest BCUT2D eigenvalue weighted by molar-refractivity contribution is -0.114. The fourth-order valence-corrected chi connectivity index (χ4v) is 4.91. The van der Waals surface area contributed by atoms with Crippen molar-refractivity contribution >= 4 is 56.2 Å². The number of benzene rings is 2. The number of rotatable bonds is 8. The molecule has 0 aliphatic carbocycles. The highest BCUT2D eigenvalue weighted by Crippen LogP contribution is 2.32. The Kier molecular flexibility index (Phi) is 6.74. The van der Waals surface area contributed by atoms with Crippen molar-refractivity contribution in [1.82, 2.24) is 14.9 Å². The lowest BCUT2D eigenvalue weighted by Crippen LogP contribution is -2.44. The monoisotopic (exact) mass is 484 g/mol. The van der Waals surface area contributed by atoms with Crippen molar-refractivity contribution < 1.29 is 4.79 Å². The summed E-state index contributed by atoms with van der Waals surface area (Å²) in [5.74, 6) is 1.20. The average molecular weight is 485 g/mol. The van der Waals surface area contributed by atoms with Gasteiger partial charge in [0.25, 0.3) is 0 Å². The number of anilines is 5. The predicted octanol–water partition coefficient (Wildman–Crippen LogP) is 5.23. The van der Waals surface area contributed by atoms with Gasteiger partial charge in [-0.1, -0.05) is 24.8 Å². The zero-order chi connectivity index (χ0) is 24.2. The highest BCUT2D eigenvalue weighted by Gasteiger charge is 2.15. The van der Waals surface area contributed by atoms with Gasteiger partial charge in [0.15, 0.2) is 11.6 Å². The number of ketones is 1. The normalized spacial score (nSPS) is 14.1. The molecule has 178 valence electrons. The molecule has 7 nitrogen and oxygen atoms in total. The summed E-state index contributed by atoms with van der Waals surface area (Å²) in [6.45, 7) is 7.82. The summed E-state index contributed by atoms with van der Waals surface area (Å²) in [5.41, 5.74) is 4.77. The largest absolute Gasteiger partial charge is 0.369 e. The van der Waals surface area contributed by atoms with Crippen molar-refractivity contribution in [1.29, 1.82) is 0 Å². The summed E-state index contributed by atoms with van der Waals surface area (Å²) in [7, 11) is 2.16. The predicted molar refractivity (Wildman–Crippen MR) is 145 cm³/mol. The first kappa shape index (κ1) is 23.0. The van der Waals surface area contributed by atoms with Crippen LogP contribution in [-0.2, 0) is 11.2 Å². The quantitative estimate of drug-likeness (QED) is 0.332. The molecule has 1 aliphatic rings.